The molecule has 1 aromatic rings. The van der Waals surface area contributed by atoms with Crippen LogP contribution in [0.5, 0.6) is 0 Å². The number of rotatable bonds is 2. The summed E-state index contributed by atoms with van der Waals surface area (Å²) in [7, 11) is -5.62. The van der Waals surface area contributed by atoms with Crippen LogP contribution < -0.4 is 0 Å². The van der Waals surface area contributed by atoms with Crippen molar-refractivity contribution in [3.05, 3.63) is 41.2 Å². The molecule has 1 unspecified atom stereocenters. The van der Waals surface area contributed by atoms with Crippen LogP contribution in [0.25, 0.3) is 5.31 Å². The van der Waals surface area contributed by atoms with Gasteiger partial charge in [0.15, 0.2) is 20.7 Å². The first-order chi connectivity index (χ1) is 10.7. The molecule has 24 heavy (non-hydrogen) atoms. The van der Waals surface area contributed by atoms with Gasteiger partial charge in [-0.1, -0.05) is 51.1 Å². The molecule has 0 spiro atoms. The van der Waals surface area contributed by atoms with Gasteiger partial charge in [0.1, 0.15) is 0 Å². The standard InChI is InChI=1S/C14H20OP.CHF3O3S/c1-14(2,3)13-12(16(13,5)15-4)11-9-7-6-8-10-11;2-1(3,4)8(5,6)7/h6-10H,1-5H3;(H,5,6,7)/q+1;/p-1. The van der Waals surface area contributed by atoms with Crippen molar-refractivity contribution >= 4 is 22.9 Å². The minimum absolute atomic E-state index is 0.226. The lowest BCUT2D eigenvalue weighted by Gasteiger charge is -2.12. The molecule has 1 aromatic carbocycles. The molecule has 1 heterocycles. The normalized spacial score (nSPS) is 21.2. The Morgan fingerprint density at radius 3 is 1.75 bits per heavy atom. The van der Waals surface area contributed by atoms with E-state index >= 15 is 0 Å². The molecular formula is C15H20F3O4PS. The van der Waals surface area contributed by atoms with Gasteiger partial charge in [-0.3, -0.25) is 0 Å². The molecule has 0 radical (unpaired) electrons. The van der Waals surface area contributed by atoms with Crippen molar-refractivity contribution in [2.45, 2.75) is 26.3 Å². The molecule has 0 aromatic heterocycles. The Labute approximate surface area is 140 Å². The van der Waals surface area contributed by atoms with E-state index in [0.717, 1.165) is 0 Å². The minimum atomic E-state index is -6.09. The third-order valence-electron chi connectivity index (χ3n) is 3.43. The number of hydrogen-bond donors (Lipinski definition) is 0. The summed E-state index contributed by atoms with van der Waals surface area (Å²) < 4.78 is 64.7. The summed E-state index contributed by atoms with van der Waals surface area (Å²) in [4.78, 5) is 0. The summed E-state index contributed by atoms with van der Waals surface area (Å²) in [5.41, 5.74) is -4.08. The molecule has 2 rings (SSSR count). The molecule has 1 atom stereocenters. The molecule has 0 bridgehead atoms. The molecule has 1 aliphatic rings. The maximum atomic E-state index is 10.7. The van der Waals surface area contributed by atoms with Gasteiger partial charge >= 0.3 is 5.51 Å². The number of hydrogen-bond acceptors (Lipinski definition) is 4. The fourth-order valence-corrected chi connectivity index (χ4v) is 6.27. The first-order valence-electron chi connectivity index (χ1n) is 6.92. The fourth-order valence-electron chi connectivity index (χ4n) is 2.47. The highest BCUT2D eigenvalue weighted by Crippen LogP contribution is 2.91. The SMILES string of the molecule is CO[P+]1(C)C(c2ccccc2)=C1C(C)(C)C.O=S(=O)([O-])C(F)(F)F. The largest absolute Gasteiger partial charge is 0.741 e. The highest BCUT2D eigenvalue weighted by molar-refractivity contribution is 7.92. The third-order valence-corrected chi connectivity index (χ3v) is 7.59. The van der Waals surface area contributed by atoms with Crippen LogP contribution >= 0.6 is 7.49 Å². The van der Waals surface area contributed by atoms with Crippen molar-refractivity contribution in [2.75, 3.05) is 13.8 Å². The Kier molecular flexibility index (Phi) is 5.93. The van der Waals surface area contributed by atoms with Crippen molar-refractivity contribution in [3.8, 4) is 0 Å². The summed E-state index contributed by atoms with van der Waals surface area (Å²) in [6, 6.07) is 10.6. The number of benzene rings is 1. The van der Waals surface area contributed by atoms with Gasteiger partial charge in [0.2, 0.25) is 7.49 Å². The predicted molar refractivity (Wildman–Crippen MR) is 88.4 cm³/mol. The molecule has 1 aliphatic heterocycles. The molecule has 0 N–H and O–H groups in total. The minimum Gasteiger partial charge on any atom is -0.741 e. The van der Waals surface area contributed by atoms with Crippen LogP contribution in [0.3, 0.4) is 0 Å². The Morgan fingerprint density at radius 2 is 1.50 bits per heavy atom. The highest BCUT2D eigenvalue weighted by atomic mass is 32.2. The lowest BCUT2D eigenvalue weighted by atomic mass is 9.95. The topological polar surface area (TPSA) is 66.4 Å². The summed E-state index contributed by atoms with van der Waals surface area (Å²) in [6.07, 6.45) is 0. The smallest absolute Gasteiger partial charge is 0.485 e. The molecule has 0 saturated heterocycles. The van der Waals surface area contributed by atoms with Crippen molar-refractivity contribution in [1.29, 1.82) is 0 Å². The second-order valence-corrected chi connectivity index (χ2v) is 10.8. The van der Waals surface area contributed by atoms with Gasteiger partial charge in [-0.05, 0) is 0 Å². The summed E-state index contributed by atoms with van der Waals surface area (Å²) in [5, 5.41) is 3.01. The van der Waals surface area contributed by atoms with Crippen LogP contribution in [-0.2, 0) is 14.6 Å². The van der Waals surface area contributed by atoms with E-state index in [2.05, 4.69) is 57.8 Å². The quantitative estimate of drug-likeness (QED) is 0.422. The van der Waals surface area contributed by atoms with Crippen LogP contribution in [-0.4, -0.2) is 32.3 Å². The Balaban J connectivity index is 0.000000307. The third kappa shape index (κ3) is 4.57. The highest BCUT2D eigenvalue weighted by Gasteiger charge is 2.66. The zero-order valence-electron chi connectivity index (χ0n) is 14.0. The molecule has 0 aliphatic carbocycles. The first-order valence-corrected chi connectivity index (χ1v) is 10.5. The van der Waals surface area contributed by atoms with Gasteiger partial charge in [0.25, 0.3) is 0 Å². The van der Waals surface area contributed by atoms with Crippen molar-refractivity contribution in [1.82, 2.24) is 0 Å². The maximum Gasteiger partial charge on any atom is 0.485 e. The molecule has 136 valence electrons. The lowest BCUT2D eigenvalue weighted by molar-refractivity contribution is -0.0517. The fraction of sp³-hybridized carbons (Fsp3) is 0.467. The molecule has 0 saturated carbocycles. The Morgan fingerprint density at radius 1 is 1.08 bits per heavy atom. The van der Waals surface area contributed by atoms with Crippen LogP contribution in [0.1, 0.15) is 26.3 Å². The monoisotopic (exact) mass is 384 g/mol. The molecule has 9 heteroatoms. The van der Waals surface area contributed by atoms with Gasteiger partial charge in [-0.15, -0.1) is 0 Å². The number of allylic oxidation sites excluding steroid dienone is 1. The van der Waals surface area contributed by atoms with E-state index in [1.54, 1.807) is 0 Å². The molecular weight excluding hydrogens is 364 g/mol. The van der Waals surface area contributed by atoms with Gasteiger partial charge in [0, 0.05) is 11.0 Å². The zero-order valence-corrected chi connectivity index (χ0v) is 15.7. The van der Waals surface area contributed by atoms with Crippen LogP contribution in [0.15, 0.2) is 35.6 Å². The maximum absolute atomic E-state index is 10.7. The lowest BCUT2D eigenvalue weighted by Crippen LogP contribution is -2.21. The predicted octanol–water partition coefficient (Wildman–Crippen LogP) is 4.68. The second kappa shape index (κ2) is 6.75. The van der Waals surface area contributed by atoms with E-state index < -0.39 is 23.1 Å². The molecule has 0 amide bonds. The van der Waals surface area contributed by atoms with E-state index in [0.29, 0.717) is 0 Å². The van der Waals surface area contributed by atoms with E-state index in [9.17, 15) is 13.2 Å². The van der Waals surface area contributed by atoms with Crippen molar-refractivity contribution < 1.29 is 30.7 Å². The van der Waals surface area contributed by atoms with Crippen LogP contribution in [0, 0.1) is 5.41 Å². The van der Waals surface area contributed by atoms with Gasteiger partial charge in [-0.2, -0.15) is 13.2 Å². The second-order valence-electron chi connectivity index (χ2n) is 6.32. The van der Waals surface area contributed by atoms with Crippen molar-refractivity contribution in [3.63, 3.8) is 0 Å². The van der Waals surface area contributed by atoms with E-state index in [1.807, 2.05) is 7.11 Å². The van der Waals surface area contributed by atoms with Crippen LogP contribution in [0.4, 0.5) is 13.2 Å². The van der Waals surface area contributed by atoms with Gasteiger partial charge in [0.05, 0.1) is 13.8 Å². The summed E-state index contributed by atoms with van der Waals surface area (Å²) in [6.45, 7) is 9.09. The summed E-state index contributed by atoms with van der Waals surface area (Å²) >= 11 is 0. The molecule has 4 nitrogen and oxygen atoms in total. The van der Waals surface area contributed by atoms with E-state index in [1.165, 1.54) is 16.2 Å². The molecule has 0 fully saturated rings. The van der Waals surface area contributed by atoms with Crippen molar-refractivity contribution in [2.24, 2.45) is 5.41 Å². The zero-order chi connectivity index (χ0) is 19.0. The van der Waals surface area contributed by atoms with Gasteiger partial charge in [-0.25, -0.2) is 12.9 Å². The number of alkyl halides is 3. The average Bonchev–Trinajstić information content (AvgIpc) is 3.06. The Bertz CT molecular complexity index is 721. The summed E-state index contributed by atoms with van der Waals surface area (Å²) in [5.74, 6) is 0. The van der Waals surface area contributed by atoms with E-state index in [-0.39, 0.29) is 5.41 Å². The van der Waals surface area contributed by atoms with Crippen LogP contribution in [0.2, 0.25) is 0 Å². The average molecular weight is 384 g/mol. The van der Waals surface area contributed by atoms with Gasteiger partial charge < -0.3 is 4.55 Å². The first kappa shape index (κ1) is 21.1. The number of halogens is 3. The Hall–Kier alpha value is -0.950. The van der Waals surface area contributed by atoms with E-state index in [4.69, 9.17) is 17.5 Å².